The third-order valence-electron chi connectivity index (χ3n) is 2.79. The van der Waals surface area contributed by atoms with Gasteiger partial charge in [-0.15, -0.1) is 11.3 Å². The van der Waals surface area contributed by atoms with E-state index in [1.54, 1.807) is 17.0 Å². The number of likely N-dealkylation sites (N-methyl/N-ethyl adjacent to an activating group) is 1. The Kier molecular flexibility index (Phi) is 7.51. The van der Waals surface area contributed by atoms with E-state index in [9.17, 15) is 9.59 Å². The summed E-state index contributed by atoms with van der Waals surface area (Å²) in [4.78, 5) is 26.7. The molecule has 5 nitrogen and oxygen atoms in total. The number of nitrogens with zero attached hydrogens (tertiary/aromatic N) is 1. The normalized spacial score (nSPS) is 9.67. The van der Waals surface area contributed by atoms with Gasteiger partial charge in [0.1, 0.15) is 0 Å². The van der Waals surface area contributed by atoms with Crippen LogP contribution in [0.4, 0.5) is 0 Å². The zero-order valence-corrected chi connectivity index (χ0v) is 13.1. The average Bonchev–Trinajstić information content (AvgIpc) is 2.95. The summed E-state index contributed by atoms with van der Waals surface area (Å²) < 4.78 is 0. The first-order valence-electron chi connectivity index (χ1n) is 6.87. The van der Waals surface area contributed by atoms with E-state index in [1.807, 2.05) is 13.8 Å². The molecule has 1 aromatic rings. The molecule has 0 bridgehead atoms. The van der Waals surface area contributed by atoms with Crippen molar-refractivity contribution >= 4 is 23.2 Å². The largest absolute Gasteiger partial charge is 0.395 e. The number of hydrogen-bond acceptors (Lipinski definition) is 4. The second kappa shape index (κ2) is 9.16. The van der Waals surface area contributed by atoms with E-state index in [4.69, 9.17) is 5.11 Å². The fraction of sp³-hybridized carbons (Fsp3) is 0.467. The van der Waals surface area contributed by atoms with E-state index < -0.39 is 0 Å². The molecule has 0 spiro atoms. The van der Waals surface area contributed by atoms with Crippen molar-refractivity contribution in [1.29, 1.82) is 0 Å². The summed E-state index contributed by atoms with van der Waals surface area (Å²) in [7, 11) is 0. The van der Waals surface area contributed by atoms with Crippen LogP contribution in [0, 0.1) is 11.8 Å². The van der Waals surface area contributed by atoms with Gasteiger partial charge in [-0.25, -0.2) is 0 Å². The molecule has 0 unspecified atom stereocenters. The number of thiophene rings is 1. The molecule has 1 aromatic heterocycles. The number of amides is 2. The third-order valence-corrected chi connectivity index (χ3v) is 3.79. The molecule has 2 N–H and O–H groups in total. The van der Waals surface area contributed by atoms with Gasteiger partial charge >= 0.3 is 0 Å². The van der Waals surface area contributed by atoms with Crippen LogP contribution < -0.4 is 5.32 Å². The lowest BCUT2D eigenvalue weighted by Gasteiger charge is -2.18. The van der Waals surface area contributed by atoms with Crippen molar-refractivity contribution in [2.24, 2.45) is 0 Å². The number of carbonyl (C=O) groups is 2. The van der Waals surface area contributed by atoms with E-state index in [0.717, 1.165) is 4.88 Å². The van der Waals surface area contributed by atoms with Crippen molar-refractivity contribution in [2.45, 2.75) is 20.3 Å². The first kappa shape index (κ1) is 17.2. The highest BCUT2D eigenvalue weighted by molar-refractivity contribution is 7.14. The van der Waals surface area contributed by atoms with Crippen molar-refractivity contribution in [2.75, 3.05) is 26.2 Å². The van der Waals surface area contributed by atoms with Crippen molar-refractivity contribution in [1.82, 2.24) is 10.2 Å². The zero-order valence-electron chi connectivity index (χ0n) is 12.3. The summed E-state index contributed by atoms with van der Waals surface area (Å²) in [5.41, 5.74) is 0. The van der Waals surface area contributed by atoms with Crippen molar-refractivity contribution in [3.8, 4) is 11.8 Å². The standard InChI is InChI=1S/C15H20N2O3S/c1-3-17(4-2)14(19)11-16-15(20)13-9-8-12(21-13)7-5-6-10-18/h8-9,18H,3-4,6,10-11H2,1-2H3,(H,16,20). The maximum atomic E-state index is 11.9. The highest BCUT2D eigenvalue weighted by Crippen LogP contribution is 2.15. The lowest BCUT2D eigenvalue weighted by Crippen LogP contribution is -2.39. The molecule has 0 saturated carbocycles. The maximum Gasteiger partial charge on any atom is 0.261 e. The molecular weight excluding hydrogens is 288 g/mol. The van der Waals surface area contributed by atoms with Crippen LogP contribution in [0.2, 0.25) is 0 Å². The Morgan fingerprint density at radius 3 is 2.67 bits per heavy atom. The van der Waals surface area contributed by atoms with Gasteiger partial charge < -0.3 is 15.3 Å². The summed E-state index contributed by atoms with van der Waals surface area (Å²) in [5, 5.41) is 11.3. The second-order valence-corrected chi connectivity index (χ2v) is 5.27. The summed E-state index contributed by atoms with van der Waals surface area (Å²) in [6, 6.07) is 3.45. The molecule has 0 saturated heterocycles. The predicted molar refractivity (Wildman–Crippen MR) is 83.2 cm³/mol. The molecule has 0 radical (unpaired) electrons. The minimum absolute atomic E-state index is 0.00391. The molecular formula is C15H20N2O3S. The lowest BCUT2D eigenvalue weighted by molar-refractivity contribution is -0.129. The quantitative estimate of drug-likeness (QED) is 0.773. The monoisotopic (exact) mass is 308 g/mol. The Morgan fingerprint density at radius 2 is 2.05 bits per heavy atom. The molecule has 0 atom stereocenters. The Labute approximate surface area is 129 Å². The van der Waals surface area contributed by atoms with Gasteiger partial charge in [0.25, 0.3) is 5.91 Å². The van der Waals surface area contributed by atoms with Gasteiger partial charge in [0.05, 0.1) is 22.9 Å². The molecule has 0 aliphatic rings. The lowest BCUT2D eigenvalue weighted by atomic mass is 10.3. The van der Waals surface area contributed by atoms with Crippen LogP contribution in [-0.2, 0) is 4.79 Å². The van der Waals surface area contributed by atoms with E-state index in [2.05, 4.69) is 17.2 Å². The maximum absolute atomic E-state index is 11.9. The van der Waals surface area contributed by atoms with Gasteiger partial charge in [0, 0.05) is 19.5 Å². The van der Waals surface area contributed by atoms with Gasteiger partial charge in [0.15, 0.2) is 0 Å². The van der Waals surface area contributed by atoms with Crippen LogP contribution in [0.3, 0.4) is 0 Å². The smallest absolute Gasteiger partial charge is 0.261 e. The number of nitrogens with one attached hydrogen (secondary N) is 1. The molecule has 0 aliphatic carbocycles. The molecule has 1 rings (SSSR count). The van der Waals surface area contributed by atoms with Crippen molar-refractivity contribution in [3.05, 3.63) is 21.9 Å². The SMILES string of the molecule is CCN(CC)C(=O)CNC(=O)c1ccc(C#CCCO)s1. The molecule has 0 aromatic carbocycles. The molecule has 6 heteroatoms. The van der Waals surface area contributed by atoms with Crippen LogP contribution in [0.5, 0.6) is 0 Å². The Balaban J connectivity index is 2.53. The van der Waals surface area contributed by atoms with Gasteiger partial charge in [0.2, 0.25) is 5.91 Å². The van der Waals surface area contributed by atoms with Gasteiger partial charge in [-0.3, -0.25) is 9.59 Å². The Morgan fingerprint density at radius 1 is 1.33 bits per heavy atom. The van der Waals surface area contributed by atoms with Gasteiger partial charge in [-0.05, 0) is 26.0 Å². The fourth-order valence-corrected chi connectivity index (χ4v) is 2.46. The highest BCUT2D eigenvalue weighted by atomic mass is 32.1. The third kappa shape index (κ3) is 5.58. The van der Waals surface area contributed by atoms with Crippen LogP contribution in [0.1, 0.15) is 34.8 Å². The number of rotatable bonds is 6. The van der Waals surface area contributed by atoms with Gasteiger partial charge in [-0.2, -0.15) is 0 Å². The predicted octanol–water partition coefficient (Wildman–Crippen LogP) is 1.08. The fourth-order valence-electron chi connectivity index (χ4n) is 1.66. The highest BCUT2D eigenvalue weighted by Gasteiger charge is 2.13. The van der Waals surface area contributed by atoms with Gasteiger partial charge in [-0.1, -0.05) is 11.8 Å². The summed E-state index contributed by atoms with van der Waals surface area (Å²) in [6.45, 7) is 5.10. The summed E-state index contributed by atoms with van der Waals surface area (Å²) in [5.74, 6) is 5.32. The molecule has 21 heavy (non-hydrogen) atoms. The van der Waals surface area contributed by atoms with Crippen LogP contribution in [0.25, 0.3) is 0 Å². The van der Waals surface area contributed by atoms with E-state index in [-0.39, 0.29) is 25.0 Å². The molecule has 1 heterocycles. The van der Waals surface area contributed by atoms with Crippen LogP contribution >= 0.6 is 11.3 Å². The van der Waals surface area contributed by atoms with E-state index in [0.29, 0.717) is 24.4 Å². The molecule has 114 valence electrons. The number of hydrogen-bond donors (Lipinski definition) is 2. The van der Waals surface area contributed by atoms with E-state index in [1.165, 1.54) is 11.3 Å². The first-order valence-corrected chi connectivity index (χ1v) is 7.69. The molecule has 0 aliphatic heterocycles. The molecule has 0 fully saturated rings. The molecule has 2 amide bonds. The first-order chi connectivity index (χ1) is 10.1. The van der Waals surface area contributed by atoms with Crippen LogP contribution in [0.15, 0.2) is 12.1 Å². The minimum atomic E-state index is -0.268. The Bertz CT molecular complexity index is 539. The topological polar surface area (TPSA) is 69.6 Å². The zero-order chi connectivity index (χ0) is 15.7. The summed E-state index contributed by atoms with van der Waals surface area (Å²) >= 11 is 1.27. The number of carbonyl (C=O) groups excluding carboxylic acids is 2. The van der Waals surface area contributed by atoms with Crippen LogP contribution in [-0.4, -0.2) is 48.1 Å². The van der Waals surface area contributed by atoms with E-state index >= 15 is 0 Å². The number of aliphatic hydroxyl groups is 1. The van der Waals surface area contributed by atoms with Crippen molar-refractivity contribution in [3.63, 3.8) is 0 Å². The second-order valence-electron chi connectivity index (χ2n) is 4.19. The number of aliphatic hydroxyl groups excluding tert-OH is 1. The Hall–Kier alpha value is -1.84. The summed E-state index contributed by atoms with van der Waals surface area (Å²) in [6.07, 6.45) is 0.414. The minimum Gasteiger partial charge on any atom is -0.395 e. The average molecular weight is 308 g/mol. The van der Waals surface area contributed by atoms with Crippen molar-refractivity contribution < 1.29 is 14.7 Å².